The van der Waals surface area contributed by atoms with Crippen LogP contribution in [-0.2, 0) is 30.1 Å². The lowest BCUT2D eigenvalue weighted by Crippen LogP contribution is -2.39. The summed E-state index contributed by atoms with van der Waals surface area (Å²) in [7, 11) is 2.81. The van der Waals surface area contributed by atoms with E-state index >= 15 is 0 Å². The number of benzene rings is 1. The number of hydrogen-bond donors (Lipinski definition) is 3. The van der Waals surface area contributed by atoms with Crippen molar-refractivity contribution in [3.63, 3.8) is 0 Å². The second kappa shape index (κ2) is 7.49. The Morgan fingerprint density at radius 1 is 1.20 bits per heavy atom. The molecule has 0 unspecified atom stereocenters. The quantitative estimate of drug-likeness (QED) is 0.560. The van der Waals surface area contributed by atoms with Gasteiger partial charge in [0.15, 0.2) is 0 Å². The van der Waals surface area contributed by atoms with Gasteiger partial charge in [0.25, 0.3) is 5.56 Å². The third-order valence-corrected chi connectivity index (χ3v) is 5.68. The van der Waals surface area contributed by atoms with Gasteiger partial charge in [0, 0.05) is 49.2 Å². The lowest BCUT2D eigenvalue weighted by molar-refractivity contribution is -0.125. The van der Waals surface area contributed by atoms with Gasteiger partial charge < -0.3 is 15.6 Å². The Kier molecular flexibility index (Phi) is 4.98. The molecule has 1 aliphatic rings. The zero-order valence-electron chi connectivity index (χ0n) is 16.4. The van der Waals surface area contributed by atoms with Crippen LogP contribution in [0.2, 0.25) is 5.02 Å². The number of hydrogen-bond acceptors (Lipinski definition) is 4. The van der Waals surface area contributed by atoms with E-state index in [1.807, 2.05) is 18.3 Å². The molecule has 10 heteroatoms. The highest BCUT2D eigenvalue weighted by atomic mass is 35.5. The fraction of sp³-hybridized carbons (Fsp3) is 0.300. The van der Waals surface area contributed by atoms with Crippen molar-refractivity contribution in [2.75, 3.05) is 11.9 Å². The van der Waals surface area contributed by atoms with Gasteiger partial charge in [0.05, 0.1) is 11.5 Å². The van der Waals surface area contributed by atoms with E-state index < -0.39 is 23.1 Å². The molecule has 1 aliphatic heterocycles. The summed E-state index contributed by atoms with van der Waals surface area (Å²) in [5, 5.41) is 6.97. The fourth-order valence-electron chi connectivity index (χ4n) is 3.82. The number of nitrogens with zero attached hydrogens (tertiary/aromatic N) is 2. The van der Waals surface area contributed by atoms with Crippen LogP contribution in [0.25, 0.3) is 10.9 Å². The summed E-state index contributed by atoms with van der Waals surface area (Å²) in [5.74, 6) is -1.60. The number of aromatic nitrogens is 3. The predicted octanol–water partition coefficient (Wildman–Crippen LogP) is 1.00. The van der Waals surface area contributed by atoms with Gasteiger partial charge in [-0.15, -0.1) is 0 Å². The minimum absolute atomic E-state index is 0.144. The Bertz CT molecular complexity index is 1300. The van der Waals surface area contributed by atoms with E-state index in [-0.39, 0.29) is 23.7 Å². The topological polar surface area (TPSA) is 118 Å². The summed E-state index contributed by atoms with van der Waals surface area (Å²) in [6.07, 6.45) is 2.28. The van der Waals surface area contributed by atoms with Crippen molar-refractivity contribution in [3.05, 3.63) is 61.4 Å². The van der Waals surface area contributed by atoms with E-state index in [0.717, 1.165) is 21.0 Å². The number of H-pyrrole nitrogens is 1. The maximum Gasteiger partial charge on any atom is 0.332 e. The molecule has 0 saturated carbocycles. The summed E-state index contributed by atoms with van der Waals surface area (Å²) in [5.41, 5.74) is 1.01. The molecule has 2 aromatic heterocycles. The van der Waals surface area contributed by atoms with Crippen molar-refractivity contribution in [2.24, 2.45) is 14.1 Å². The molecule has 0 saturated heterocycles. The lowest BCUT2D eigenvalue weighted by atomic mass is 9.99. The first kappa shape index (κ1) is 20.0. The molecule has 1 aromatic carbocycles. The molecule has 0 spiro atoms. The number of fused-ring (bicyclic) bond motifs is 2. The highest BCUT2D eigenvalue weighted by Gasteiger charge is 2.37. The second-order valence-corrected chi connectivity index (χ2v) is 7.75. The molecule has 2 amide bonds. The zero-order valence-corrected chi connectivity index (χ0v) is 17.2. The number of rotatable bonds is 5. The van der Waals surface area contributed by atoms with Gasteiger partial charge in [-0.3, -0.25) is 23.5 Å². The highest BCUT2D eigenvalue weighted by Crippen LogP contribution is 2.30. The summed E-state index contributed by atoms with van der Waals surface area (Å²) in [4.78, 5) is 52.5. The lowest BCUT2D eigenvalue weighted by Gasteiger charge is -2.11. The first-order valence-corrected chi connectivity index (χ1v) is 9.78. The van der Waals surface area contributed by atoms with Crippen LogP contribution in [0.4, 0.5) is 5.82 Å². The molecule has 0 aliphatic carbocycles. The minimum Gasteiger partial charge on any atom is -0.361 e. The van der Waals surface area contributed by atoms with Gasteiger partial charge in [0.2, 0.25) is 11.8 Å². The zero-order chi connectivity index (χ0) is 21.6. The molecular formula is C20H20ClN5O4. The van der Waals surface area contributed by atoms with Gasteiger partial charge in [-0.2, -0.15) is 0 Å². The van der Waals surface area contributed by atoms with E-state index in [2.05, 4.69) is 15.6 Å². The monoisotopic (exact) mass is 429 g/mol. The molecule has 9 nitrogen and oxygen atoms in total. The Labute approximate surface area is 175 Å². The Hall–Kier alpha value is -3.33. The predicted molar refractivity (Wildman–Crippen MR) is 113 cm³/mol. The van der Waals surface area contributed by atoms with Gasteiger partial charge in [0.1, 0.15) is 5.82 Å². The van der Waals surface area contributed by atoms with Crippen molar-refractivity contribution in [3.8, 4) is 0 Å². The van der Waals surface area contributed by atoms with E-state index in [0.29, 0.717) is 18.0 Å². The largest absolute Gasteiger partial charge is 0.361 e. The van der Waals surface area contributed by atoms with Gasteiger partial charge in [-0.25, -0.2) is 4.79 Å². The van der Waals surface area contributed by atoms with Crippen molar-refractivity contribution < 1.29 is 9.59 Å². The molecule has 30 heavy (non-hydrogen) atoms. The van der Waals surface area contributed by atoms with Crippen LogP contribution >= 0.6 is 11.6 Å². The van der Waals surface area contributed by atoms with Crippen LogP contribution in [-0.4, -0.2) is 32.5 Å². The number of halogens is 1. The maximum absolute atomic E-state index is 12.5. The SMILES string of the molecule is Cn1c2c(c(=O)n(C)c1=O)[C@@H](CC(=O)NCCc1c[nH]c3ccc(Cl)cc13)C(=O)N2. The maximum atomic E-state index is 12.5. The van der Waals surface area contributed by atoms with Crippen molar-refractivity contribution in [1.82, 2.24) is 19.4 Å². The van der Waals surface area contributed by atoms with Crippen LogP contribution in [0.3, 0.4) is 0 Å². The number of carbonyl (C=O) groups is 2. The Morgan fingerprint density at radius 2 is 1.97 bits per heavy atom. The van der Waals surface area contributed by atoms with Crippen molar-refractivity contribution in [1.29, 1.82) is 0 Å². The molecule has 1 atom stereocenters. The Morgan fingerprint density at radius 3 is 2.73 bits per heavy atom. The molecule has 3 heterocycles. The molecule has 0 fully saturated rings. The summed E-state index contributed by atoms with van der Waals surface area (Å²) in [6.45, 7) is 0.366. The van der Waals surface area contributed by atoms with Crippen molar-refractivity contribution >= 4 is 40.1 Å². The number of carbonyl (C=O) groups excluding carboxylic acids is 2. The van der Waals surface area contributed by atoms with Crippen LogP contribution in [0.15, 0.2) is 34.0 Å². The van der Waals surface area contributed by atoms with E-state index in [1.165, 1.54) is 18.7 Å². The minimum atomic E-state index is -0.933. The average Bonchev–Trinajstić information content (AvgIpc) is 3.26. The molecule has 3 N–H and O–H groups in total. The number of nitrogens with one attached hydrogen (secondary N) is 3. The molecule has 4 rings (SSSR count). The molecule has 0 bridgehead atoms. The fourth-order valence-corrected chi connectivity index (χ4v) is 3.99. The third-order valence-electron chi connectivity index (χ3n) is 5.44. The smallest absolute Gasteiger partial charge is 0.332 e. The number of anilines is 1. The molecule has 156 valence electrons. The van der Waals surface area contributed by atoms with Gasteiger partial charge >= 0.3 is 5.69 Å². The summed E-state index contributed by atoms with van der Waals surface area (Å²) >= 11 is 6.06. The van der Waals surface area contributed by atoms with Crippen molar-refractivity contribution in [2.45, 2.75) is 18.8 Å². The van der Waals surface area contributed by atoms with E-state index in [9.17, 15) is 19.2 Å². The van der Waals surface area contributed by atoms with E-state index in [4.69, 9.17) is 11.6 Å². The molecule has 0 radical (unpaired) electrons. The van der Waals surface area contributed by atoms with Gasteiger partial charge in [-0.05, 0) is 30.2 Å². The number of amides is 2. The standard InChI is InChI=1S/C20H20ClN5O4/c1-25-17-16(19(29)26(2)20(25)30)13(18(28)24-17)8-15(27)22-6-5-10-9-23-14-4-3-11(21)7-12(10)14/h3-4,7,9,13,23H,5-6,8H2,1-2H3,(H,22,27)(H,24,28)/t13-/m1/s1. The van der Waals surface area contributed by atoms with Crippen LogP contribution in [0.5, 0.6) is 0 Å². The number of aromatic amines is 1. The summed E-state index contributed by atoms with van der Waals surface area (Å²) < 4.78 is 2.14. The first-order valence-electron chi connectivity index (χ1n) is 9.41. The highest BCUT2D eigenvalue weighted by molar-refractivity contribution is 6.31. The third kappa shape index (κ3) is 3.30. The Balaban J connectivity index is 1.45. The van der Waals surface area contributed by atoms with E-state index in [1.54, 1.807) is 6.07 Å². The normalized spacial score (nSPS) is 15.3. The van der Waals surface area contributed by atoms with Crippen LogP contribution in [0, 0.1) is 0 Å². The van der Waals surface area contributed by atoms with Crippen LogP contribution in [0.1, 0.15) is 23.5 Å². The average molecular weight is 430 g/mol. The first-order chi connectivity index (χ1) is 14.3. The molecular weight excluding hydrogens is 410 g/mol. The second-order valence-electron chi connectivity index (χ2n) is 7.32. The van der Waals surface area contributed by atoms with Crippen LogP contribution < -0.4 is 21.9 Å². The summed E-state index contributed by atoms with van der Waals surface area (Å²) in [6, 6.07) is 5.56. The van der Waals surface area contributed by atoms with Gasteiger partial charge in [-0.1, -0.05) is 11.6 Å². The molecule has 3 aromatic rings.